The summed E-state index contributed by atoms with van der Waals surface area (Å²) in [5.41, 5.74) is 1.15. The molecule has 8 heteroatoms. The van der Waals surface area contributed by atoms with Crippen molar-refractivity contribution in [3.8, 4) is 0 Å². The number of aromatic nitrogens is 1. The zero-order valence-corrected chi connectivity index (χ0v) is 14.2. The Hall–Kier alpha value is -1.70. The van der Waals surface area contributed by atoms with Crippen LogP contribution in [0.5, 0.6) is 0 Å². The molecule has 1 rings (SSSR count). The van der Waals surface area contributed by atoms with E-state index >= 15 is 0 Å². The van der Waals surface area contributed by atoms with Crippen LogP contribution in [0.2, 0.25) is 0 Å². The largest absolute Gasteiger partial charge is 0.401 e. The number of nitrogens with one attached hydrogen (secondary N) is 1. The molecule has 0 bridgehead atoms. The number of hydrogen-bond acceptors (Lipinski definition) is 2. The molecule has 23 heavy (non-hydrogen) atoms. The van der Waals surface area contributed by atoms with E-state index in [1.165, 1.54) is 11.9 Å². The Bertz CT molecular complexity index is 496. The van der Waals surface area contributed by atoms with Crippen LogP contribution >= 0.6 is 0 Å². The molecule has 0 unspecified atom stereocenters. The first-order valence-corrected chi connectivity index (χ1v) is 7.50. The Balaban J connectivity index is 2.33. The van der Waals surface area contributed by atoms with Crippen LogP contribution in [0.4, 0.5) is 13.2 Å². The van der Waals surface area contributed by atoms with Crippen molar-refractivity contribution in [3.63, 3.8) is 0 Å². The molecule has 1 aromatic heterocycles. The molecule has 0 radical (unpaired) electrons. The second kappa shape index (κ2) is 8.81. The molecule has 5 nitrogen and oxygen atoms in total. The van der Waals surface area contributed by atoms with Crippen LogP contribution in [0, 0.1) is 0 Å². The Kier molecular flexibility index (Phi) is 7.41. The second-order valence-corrected chi connectivity index (χ2v) is 5.65. The van der Waals surface area contributed by atoms with Gasteiger partial charge in [0.1, 0.15) is 0 Å². The lowest BCUT2D eigenvalue weighted by atomic mass is 10.3. The van der Waals surface area contributed by atoms with Crippen LogP contribution in [0.25, 0.3) is 0 Å². The van der Waals surface area contributed by atoms with Gasteiger partial charge >= 0.3 is 6.18 Å². The first-order valence-electron chi connectivity index (χ1n) is 7.50. The van der Waals surface area contributed by atoms with Crippen LogP contribution in [-0.2, 0) is 13.6 Å². The lowest BCUT2D eigenvalue weighted by molar-refractivity contribution is -0.143. The predicted octanol–water partition coefficient (Wildman–Crippen LogP) is 1.92. The quantitative estimate of drug-likeness (QED) is 0.470. The van der Waals surface area contributed by atoms with Crippen molar-refractivity contribution in [2.45, 2.75) is 19.1 Å². The molecule has 0 amide bonds. The number of aryl methyl sites for hydroxylation is 1. The average molecular weight is 333 g/mol. The van der Waals surface area contributed by atoms with Gasteiger partial charge in [0.25, 0.3) is 0 Å². The highest BCUT2D eigenvalue weighted by molar-refractivity contribution is 5.79. The summed E-state index contributed by atoms with van der Waals surface area (Å²) in [4.78, 5) is 7.46. The van der Waals surface area contributed by atoms with E-state index in [9.17, 15) is 13.2 Å². The van der Waals surface area contributed by atoms with Crippen molar-refractivity contribution >= 4 is 5.96 Å². The number of alkyl halides is 3. The van der Waals surface area contributed by atoms with Gasteiger partial charge in [0.15, 0.2) is 5.96 Å². The minimum atomic E-state index is -4.15. The summed E-state index contributed by atoms with van der Waals surface area (Å²) in [6.07, 6.45) is -1.55. The van der Waals surface area contributed by atoms with Crippen LogP contribution in [0.15, 0.2) is 23.3 Å². The van der Waals surface area contributed by atoms with Crippen molar-refractivity contribution in [2.24, 2.45) is 12.0 Å². The Morgan fingerprint density at radius 1 is 1.35 bits per heavy atom. The molecular formula is C15H26F3N5. The topological polar surface area (TPSA) is 35.8 Å². The molecule has 0 aliphatic rings. The average Bonchev–Trinajstić information content (AvgIpc) is 2.82. The normalized spacial score (nSPS) is 12.8. The van der Waals surface area contributed by atoms with Crippen LogP contribution in [0.1, 0.15) is 12.1 Å². The molecule has 1 N–H and O–H groups in total. The minimum Gasteiger partial charge on any atom is -0.356 e. The van der Waals surface area contributed by atoms with Gasteiger partial charge in [0.05, 0.1) is 13.1 Å². The summed E-state index contributed by atoms with van der Waals surface area (Å²) < 4.78 is 38.7. The van der Waals surface area contributed by atoms with Gasteiger partial charge in [-0.25, -0.2) is 0 Å². The van der Waals surface area contributed by atoms with Gasteiger partial charge in [-0.3, -0.25) is 9.89 Å². The third kappa shape index (κ3) is 7.40. The van der Waals surface area contributed by atoms with Gasteiger partial charge < -0.3 is 14.8 Å². The SMILES string of the molecule is CN=C(NCCCN(C)CC(F)(F)F)N(C)Cc1cccn1C. The van der Waals surface area contributed by atoms with Gasteiger partial charge in [-0.1, -0.05) is 0 Å². The predicted molar refractivity (Wildman–Crippen MR) is 86.4 cm³/mol. The number of hydrogen-bond donors (Lipinski definition) is 1. The Labute approximate surface area is 135 Å². The van der Waals surface area contributed by atoms with Crippen molar-refractivity contribution in [1.82, 2.24) is 19.7 Å². The molecule has 132 valence electrons. The van der Waals surface area contributed by atoms with E-state index in [0.29, 0.717) is 26.1 Å². The molecule has 0 saturated carbocycles. The second-order valence-electron chi connectivity index (χ2n) is 5.65. The number of guanidine groups is 1. The highest BCUT2D eigenvalue weighted by Crippen LogP contribution is 2.15. The molecular weight excluding hydrogens is 307 g/mol. The standard InChI is InChI=1S/C15H26F3N5/c1-19-14(23(4)11-13-7-5-10-22(13)3)20-8-6-9-21(2)12-15(16,17)18/h5,7,10H,6,8-9,11-12H2,1-4H3,(H,19,20). The highest BCUT2D eigenvalue weighted by atomic mass is 19.4. The highest BCUT2D eigenvalue weighted by Gasteiger charge is 2.28. The monoisotopic (exact) mass is 333 g/mol. The summed E-state index contributed by atoms with van der Waals surface area (Å²) in [7, 11) is 7.08. The maximum atomic E-state index is 12.2. The smallest absolute Gasteiger partial charge is 0.356 e. The molecule has 0 aliphatic heterocycles. The first-order chi connectivity index (χ1) is 10.7. The lowest BCUT2D eigenvalue weighted by Crippen LogP contribution is -2.40. The van der Waals surface area contributed by atoms with E-state index in [-0.39, 0.29) is 0 Å². The van der Waals surface area contributed by atoms with Crippen molar-refractivity contribution < 1.29 is 13.2 Å². The van der Waals surface area contributed by atoms with Crippen LogP contribution < -0.4 is 5.32 Å². The molecule has 0 spiro atoms. The van der Waals surface area contributed by atoms with Gasteiger partial charge in [0.2, 0.25) is 0 Å². The Morgan fingerprint density at radius 3 is 2.57 bits per heavy atom. The fourth-order valence-electron chi connectivity index (χ4n) is 2.30. The Morgan fingerprint density at radius 2 is 2.04 bits per heavy atom. The van der Waals surface area contributed by atoms with Gasteiger partial charge in [-0.2, -0.15) is 13.2 Å². The summed E-state index contributed by atoms with van der Waals surface area (Å²) >= 11 is 0. The van der Waals surface area contributed by atoms with Crippen LogP contribution in [0.3, 0.4) is 0 Å². The third-order valence-electron chi connectivity index (χ3n) is 3.47. The zero-order chi connectivity index (χ0) is 17.5. The molecule has 0 fully saturated rings. The van der Waals surface area contributed by atoms with Gasteiger partial charge in [-0.05, 0) is 32.1 Å². The van der Waals surface area contributed by atoms with Crippen molar-refractivity contribution in [3.05, 3.63) is 24.0 Å². The zero-order valence-electron chi connectivity index (χ0n) is 14.2. The van der Waals surface area contributed by atoms with E-state index in [1.54, 1.807) is 7.05 Å². The van der Waals surface area contributed by atoms with E-state index in [1.807, 2.05) is 41.9 Å². The fraction of sp³-hybridized carbons (Fsp3) is 0.667. The van der Waals surface area contributed by atoms with Crippen molar-refractivity contribution in [2.75, 3.05) is 40.8 Å². The third-order valence-corrected chi connectivity index (χ3v) is 3.47. The molecule has 0 atom stereocenters. The maximum absolute atomic E-state index is 12.2. The van der Waals surface area contributed by atoms with E-state index < -0.39 is 12.7 Å². The van der Waals surface area contributed by atoms with Crippen LogP contribution in [-0.4, -0.2) is 67.3 Å². The van der Waals surface area contributed by atoms with Gasteiger partial charge in [0, 0.05) is 39.6 Å². The molecule has 0 saturated heterocycles. The minimum absolute atomic E-state index is 0.380. The molecule has 1 aromatic rings. The maximum Gasteiger partial charge on any atom is 0.401 e. The molecule has 0 aromatic carbocycles. The fourth-order valence-corrected chi connectivity index (χ4v) is 2.30. The number of halogens is 3. The van der Waals surface area contributed by atoms with E-state index in [4.69, 9.17) is 0 Å². The lowest BCUT2D eigenvalue weighted by Gasteiger charge is -2.23. The summed E-state index contributed by atoms with van der Waals surface area (Å²) in [5.74, 6) is 0.727. The van der Waals surface area contributed by atoms with Gasteiger partial charge in [-0.15, -0.1) is 0 Å². The molecule has 1 heterocycles. The summed E-state index contributed by atoms with van der Waals surface area (Å²) in [6, 6.07) is 4.02. The van der Waals surface area contributed by atoms with Crippen molar-refractivity contribution in [1.29, 1.82) is 0 Å². The van der Waals surface area contributed by atoms with E-state index in [2.05, 4.69) is 10.3 Å². The van der Waals surface area contributed by atoms with E-state index in [0.717, 1.165) is 11.7 Å². The number of rotatable bonds is 7. The number of nitrogens with zero attached hydrogens (tertiary/aromatic N) is 4. The summed E-state index contributed by atoms with van der Waals surface area (Å²) in [5, 5.41) is 3.18. The first kappa shape index (κ1) is 19.3. The molecule has 0 aliphatic carbocycles. The summed E-state index contributed by atoms with van der Waals surface area (Å²) in [6.45, 7) is 0.781. The number of aliphatic imine (C=N–C) groups is 1.